The molecule has 5 N–H and O–H groups in total. The highest BCUT2D eigenvalue weighted by molar-refractivity contribution is 5.99. The second-order valence-electron chi connectivity index (χ2n) is 6.57. The number of rotatable bonds is 4. The molecule has 1 heterocycles. The van der Waals surface area contributed by atoms with Crippen LogP contribution in [0.25, 0.3) is 21.9 Å². The number of benzene rings is 3. The average molecular weight is 360 g/mol. The van der Waals surface area contributed by atoms with Gasteiger partial charge in [0.05, 0.1) is 18.9 Å². The monoisotopic (exact) mass is 360 g/mol. The Kier molecular flexibility index (Phi) is 4.35. The van der Waals surface area contributed by atoms with Crippen molar-refractivity contribution < 1.29 is 10.2 Å². The lowest BCUT2D eigenvalue weighted by molar-refractivity contribution is 0.190. The van der Waals surface area contributed by atoms with Crippen LogP contribution in [-0.2, 0) is 0 Å². The van der Waals surface area contributed by atoms with E-state index in [2.05, 4.69) is 11.1 Å². The summed E-state index contributed by atoms with van der Waals surface area (Å²) in [6.45, 7) is 0.277. The Morgan fingerprint density at radius 1 is 1.04 bits per heavy atom. The van der Waals surface area contributed by atoms with Crippen molar-refractivity contribution >= 4 is 28.0 Å². The van der Waals surface area contributed by atoms with Gasteiger partial charge in [-0.1, -0.05) is 36.4 Å². The normalized spacial score (nSPS) is 16.6. The Morgan fingerprint density at radius 3 is 2.37 bits per heavy atom. The maximum atomic E-state index is 10.0. The molecule has 0 bridgehead atoms. The van der Waals surface area contributed by atoms with E-state index in [-0.39, 0.29) is 12.4 Å². The molecular weight excluding hydrogens is 340 g/mol. The van der Waals surface area contributed by atoms with Crippen LogP contribution in [0.5, 0.6) is 0 Å². The summed E-state index contributed by atoms with van der Waals surface area (Å²) in [6, 6.07) is 19.8. The number of anilines is 1. The first kappa shape index (κ1) is 17.2. The molecule has 1 atom stereocenters. The lowest BCUT2D eigenvalue weighted by atomic mass is 9.99. The van der Waals surface area contributed by atoms with Crippen molar-refractivity contribution in [3.05, 3.63) is 66.2 Å². The van der Waals surface area contributed by atoms with Gasteiger partial charge >= 0.3 is 0 Å². The molecule has 6 nitrogen and oxygen atoms in total. The highest BCUT2D eigenvalue weighted by atomic mass is 16.3. The molecule has 1 aliphatic rings. The van der Waals surface area contributed by atoms with Gasteiger partial charge < -0.3 is 20.8 Å². The van der Waals surface area contributed by atoms with E-state index < -0.39 is 6.35 Å². The summed E-state index contributed by atoms with van der Waals surface area (Å²) >= 11 is 0. The first-order valence-corrected chi connectivity index (χ1v) is 8.65. The summed E-state index contributed by atoms with van der Waals surface area (Å²) < 4.78 is 0. The van der Waals surface area contributed by atoms with Crippen molar-refractivity contribution in [2.75, 3.05) is 18.1 Å². The number of aliphatic imine (C=N–C) groups is 1. The van der Waals surface area contributed by atoms with Crippen molar-refractivity contribution in [3.8, 4) is 11.1 Å². The molecule has 0 radical (unpaired) electrons. The zero-order valence-electron chi connectivity index (χ0n) is 14.6. The third-order valence-electron chi connectivity index (χ3n) is 4.80. The van der Waals surface area contributed by atoms with Crippen molar-refractivity contribution in [3.63, 3.8) is 0 Å². The van der Waals surface area contributed by atoms with E-state index in [0.29, 0.717) is 17.8 Å². The minimum absolute atomic E-state index is 0.0639. The van der Waals surface area contributed by atoms with Crippen LogP contribution in [0.2, 0.25) is 0 Å². The van der Waals surface area contributed by atoms with Gasteiger partial charge in [-0.3, -0.25) is 5.41 Å². The van der Waals surface area contributed by atoms with Crippen LogP contribution in [0.4, 0.5) is 5.69 Å². The number of nitrogens with two attached hydrogens (primary N) is 1. The molecule has 3 aromatic rings. The van der Waals surface area contributed by atoms with Gasteiger partial charge in [-0.2, -0.15) is 0 Å². The van der Waals surface area contributed by atoms with E-state index in [9.17, 15) is 10.2 Å². The zero-order valence-corrected chi connectivity index (χ0v) is 14.6. The summed E-state index contributed by atoms with van der Waals surface area (Å²) in [5, 5.41) is 28.9. The maximum absolute atomic E-state index is 10.0. The first-order valence-electron chi connectivity index (χ1n) is 8.65. The molecule has 3 aromatic carbocycles. The van der Waals surface area contributed by atoms with Crippen molar-refractivity contribution in [1.82, 2.24) is 0 Å². The van der Waals surface area contributed by atoms with Crippen LogP contribution in [0.3, 0.4) is 0 Å². The molecule has 136 valence electrons. The molecule has 0 aromatic heterocycles. The highest BCUT2D eigenvalue weighted by Gasteiger charge is 2.24. The van der Waals surface area contributed by atoms with E-state index in [1.165, 1.54) is 0 Å². The second kappa shape index (κ2) is 6.83. The van der Waals surface area contributed by atoms with Gasteiger partial charge in [-0.15, -0.1) is 0 Å². The van der Waals surface area contributed by atoms with Gasteiger partial charge in [0.2, 0.25) is 6.35 Å². The summed E-state index contributed by atoms with van der Waals surface area (Å²) in [7, 11) is 0. The lowest BCUT2D eigenvalue weighted by Crippen LogP contribution is -2.31. The minimum Gasteiger partial charge on any atom is -0.390 e. The number of nitrogens with one attached hydrogen (secondary N) is 1. The summed E-state index contributed by atoms with van der Waals surface area (Å²) in [5.74, 6) is 0.0639. The van der Waals surface area contributed by atoms with Gasteiger partial charge in [0, 0.05) is 11.3 Å². The predicted molar refractivity (Wildman–Crippen MR) is 108 cm³/mol. The maximum Gasteiger partial charge on any atom is 0.225 e. The largest absolute Gasteiger partial charge is 0.390 e. The smallest absolute Gasteiger partial charge is 0.225 e. The SMILES string of the molecule is N=C(N)c1ccc2cc(-c3ccc(N4CC(CO)=NC4O)cc3)ccc2c1. The van der Waals surface area contributed by atoms with Crippen LogP contribution in [-0.4, -0.2) is 41.3 Å². The highest BCUT2D eigenvalue weighted by Crippen LogP contribution is 2.28. The molecule has 6 heteroatoms. The third kappa shape index (κ3) is 3.28. The standard InChI is InChI=1S/C21H20N4O2/c22-20(23)17-4-3-15-9-14(1-2-16(15)10-17)13-5-7-19(8-6-13)25-11-18(12-26)24-21(25)27/h1-10,21,26-27H,11-12H2,(H3,22,23). The fraction of sp³-hybridized carbons (Fsp3) is 0.143. The topological polar surface area (TPSA) is 106 Å². The van der Waals surface area contributed by atoms with Gasteiger partial charge in [-0.05, 0) is 46.2 Å². The third-order valence-corrected chi connectivity index (χ3v) is 4.80. The van der Waals surface area contributed by atoms with Crippen molar-refractivity contribution in [2.45, 2.75) is 6.35 Å². The van der Waals surface area contributed by atoms with E-state index in [0.717, 1.165) is 27.6 Å². The van der Waals surface area contributed by atoms with Crippen LogP contribution in [0.15, 0.2) is 65.7 Å². The van der Waals surface area contributed by atoms with Crippen molar-refractivity contribution in [1.29, 1.82) is 5.41 Å². The van der Waals surface area contributed by atoms with Gasteiger partial charge in [0.1, 0.15) is 5.84 Å². The number of hydrogen-bond acceptors (Lipinski definition) is 5. The average Bonchev–Trinajstić information content (AvgIpc) is 3.08. The molecule has 0 amide bonds. The molecule has 1 aliphatic heterocycles. The Labute approximate surface area is 156 Å². The summed E-state index contributed by atoms with van der Waals surface area (Å²) in [4.78, 5) is 5.76. The molecule has 0 saturated heterocycles. The number of nitrogens with zero attached hydrogens (tertiary/aromatic N) is 2. The molecule has 1 unspecified atom stereocenters. The Hall–Kier alpha value is -3.22. The Balaban J connectivity index is 1.60. The number of amidine groups is 1. The van der Waals surface area contributed by atoms with Gasteiger partial charge in [0.15, 0.2) is 0 Å². The lowest BCUT2D eigenvalue weighted by Gasteiger charge is -2.21. The minimum atomic E-state index is -0.950. The summed E-state index contributed by atoms with van der Waals surface area (Å²) in [5.41, 5.74) is 9.85. The fourth-order valence-electron chi connectivity index (χ4n) is 3.31. The molecule has 4 rings (SSSR count). The molecule has 0 aliphatic carbocycles. The number of aliphatic hydroxyl groups excluding tert-OH is 2. The quantitative estimate of drug-likeness (QED) is 0.423. The number of aliphatic hydroxyl groups is 2. The number of fused-ring (bicyclic) bond motifs is 1. The van der Waals surface area contributed by atoms with Crippen molar-refractivity contribution in [2.24, 2.45) is 10.7 Å². The number of nitrogen functional groups attached to an aromatic ring is 1. The van der Waals surface area contributed by atoms with Crippen LogP contribution in [0.1, 0.15) is 5.56 Å². The second-order valence-corrected chi connectivity index (χ2v) is 6.57. The predicted octanol–water partition coefficient (Wildman–Crippen LogP) is 2.32. The first-order chi connectivity index (χ1) is 13.0. The van der Waals surface area contributed by atoms with E-state index in [4.69, 9.17) is 11.1 Å². The Bertz CT molecular complexity index is 1040. The molecule has 0 saturated carbocycles. The zero-order chi connectivity index (χ0) is 19.0. The molecule has 0 fully saturated rings. The fourth-order valence-corrected chi connectivity index (χ4v) is 3.31. The van der Waals surface area contributed by atoms with Crippen LogP contribution in [0, 0.1) is 5.41 Å². The van der Waals surface area contributed by atoms with E-state index in [1.54, 1.807) is 4.90 Å². The summed E-state index contributed by atoms with van der Waals surface area (Å²) in [6.07, 6.45) is -0.950. The van der Waals surface area contributed by atoms with Gasteiger partial charge in [-0.25, -0.2) is 4.99 Å². The molecule has 27 heavy (non-hydrogen) atoms. The van der Waals surface area contributed by atoms with Gasteiger partial charge in [0.25, 0.3) is 0 Å². The van der Waals surface area contributed by atoms with E-state index in [1.807, 2.05) is 54.6 Å². The molecular formula is C21H20N4O2. The van der Waals surface area contributed by atoms with Crippen LogP contribution < -0.4 is 10.6 Å². The number of hydrogen-bond donors (Lipinski definition) is 4. The van der Waals surface area contributed by atoms with E-state index >= 15 is 0 Å². The molecule has 0 spiro atoms. The van der Waals surface area contributed by atoms with Crippen LogP contribution >= 0.6 is 0 Å². The Morgan fingerprint density at radius 2 is 1.70 bits per heavy atom.